The van der Waals surface area contributed by atoms with Gasteiger partial charge in [0.2, 0.25) is 0 Å². The number of aliphatic hydroxyl groups is 5. The topological polar surface area (TPSA) is 180 Å². The number of methoxy groups -OCH3 is 1. The lowest BCUT2D eigenvalue weighted by Gasteiger charge is -2.51. The molecule has 328 valence electrons. The van der Waals surface area contributed by atoms with Gasteiger partial charge in [-0.25, -0.2) is 0 Å². The van der Waals surface area contributed by atoms with Crippen molar-refractivity contribution in [3.05, 3.63) is 0 Å². The molecular weight excluding hydrogens is 724 g/mol. The Morgan fingerprint density at radius 2 is 1.50 bits per heavy atom. The average Bonchev–Trinajstić information content (AvgIpc) is 3.13. The standard InChI is InChI=1S/C42H78N2O12/c1-14-30-42(10,50)35(46)25(4)32(44-18-16-15-17-19-44)23(2)21-40(8,49)37(56-39-33(45)29(43(11)12)20-24(3)52-39)26(5)34(27(6)38(48)54-30)55-31-22-41(9,51-13)36(47)28(7)53-31/h23-37,39,45-47,49-50H,14-22H2,1-13H3/t23-,24?,25+,26+,27-,28?,29?,30-,31?,32+,33?,34+,35-,36?,37-,39?,40-,41?,42-/m1/s1. The van der Waals surface area contributed by atoms with E-state index in [9.17, 15) is 30.3 Å². The second-order valence-electron chi connectivity index (χ2n) is 18.8. The summed E-state index contributed by atoms with van der Waals surface area (Å²) in [6.45, 7) is 19.6. The van der Waals surface area contributed by atoms with Crippen LogP contribution in [-0.2, 0) is 33.2 Å². The summed E-state index contributed by atoms with van der Waals surface area (Å²) >= 11 is 0. The van der Waals surface area contributed by atoms with E-state index >= 15 is 0 Å². The highest BCUT2D eigenvalue weighted by atomic mass is 16.7. The number of likely N-dealkylation sites (tertiary alicyclic amines) is 1. The van der Waals surface area contributed by atoms with Crippen LogP contribution in [0.15, 0.2) is 0 Å². The molecule has 4 heterocycles. The van der Waals surface area contributed by atoms with Gasteiger partial charge in [0.05, 0.1) is 47.6 Å². The lowest BCUT2D eigenvalue weighted by Crippen LogP contribution is -2.62. The molecule has 4 saturated heterocycles. The number of nitrogens with zero attached hydrogens (tertiary/aromatic N) is 2. The molecule has 8 unspecified atom stereocenters. The Labute approximate surface area is 336 Å². The van der Waals surface area contributed by atoms with Crippen LogP contribution in [0.25, 0.3) is 0 Å². The van der Waals surface area contributed by atoms with Crippen molar-refractivity contribution >= 4 is 5.97 Å². The summed E-state index contributed by atoms with van der Waals surface area (Å²) < 4.78 is 38.0. The number of hydrogen-bond acceptors (Lipinski definition) is 14. The summed E-state index contributed by atoms with van der Waals surface area (Å²) in [4.78, 5) is 18.7. The Bertz CT molecular complexity index is 1250. The number of likely N-dealkylation sites (N-methyl/N-ethyl adjacent to an activating group) is 1. The highest BCUT2D eigenvalue weighted by molar-refractivity contribution is 5.73. The van der Waals surface area contributed by atoms with Crippen molar-refractivity contribution < 1.29 is 58.7 Å². The SMILES string of the molecule is CC[C@H]1OC(=O)[C@H](C)[C@@H](OC2CC(C)(OC)C(O)C(C)O2)[C@H](C)[C@@H](OC2OC(C)CC(N(C)C)C2O)[C@](C)(O)C[C@@H](C)[C@H](N2CCCCC2)[C@H](C)[C@@H](O)[C@]1(C)O. The first-order chi connectivity index (χ1) is 26.0. The van der Waals surface area contributed by atoms with Crippen molar-refractivity contribution in [2.75, 3.05) is 34.3 Å². The zero-order chi connectivity index (χ0) is 42.1. The van der Waals surface area contributed by atoms with Crippen LogP contribution in [-0.4, -0.2) is 166 Å². The van der Waals surface area contributed by atoms with E-state index < -0.39 is 95.8 Å². The largest absolute Gasteiger partial charge is 0.459 e. The second kappa shape index (κ2) is 19.1. The molecule has 0 aromatic carbocycles. The van der Waals surface area contributed by atoms with E-state index in [1.807, 2.05) is 46.7 Å². The van der Waals surface area contributed by atoms with Crippen molar-refractivity contribution in [2.24, 2.45) is 23.7 Å². The first-order valence-corrected chi connectivity index (χ1v) is 21.3. The summed E-state index contributed by atoms with van der Waals surface area (Å²) in [7, 11) is 5.32. The number of ether oxygens (including phenoxy) is 6. The number of esters is 1. The number of piperidine rings is 1. The predicted molar refractivity (Wildman–Crippen MR) is 210 cm³/mol. The third-order valence-corrected chi connectivity index (χ3v) is 13.9. The molecule has 0 aliphatic carbocycles. The Morgan fingerprint density at radius 3 is 2.07 bits per heavy atom. The van der Waals surface area contributed by atoms with Gasteiger partial charge in [-0.05, 0) is 107 Å². The van der Waals surface area contributed by atoms with Crippen LogP contribution in [0.4, 0.5) is 0 Å². The average molecular weight is 803 g/mol. The van der Waals surface area contributed by atoms with Gasteiger partial charge >= 0.3 is 5.97 Å². The molecule has 19 atom stereocenters. The van der Waals surface area contributed by atoms with E-state index in [4.69, 9.17) is 28.4 Å². The number of aliphatic hydroxyl groups excluding tert-OH is 3. The van der Waals surface area contributed by atoms with Gasteiger partial charge in [0.25, 0.3) is 0 Å². The van der Waals surface area contributed by atoms with Crippen LogP contribution in [0.2, 0.25) is 0 Å². The minimum Gasteiger partial charge on any atom is -0.459 e. The van der Waals surface area contributed by atoms with E-state index in [-0.39, 0.29) is 43.4 Å². The number of hydrogen-bond donors (Lipinski definition) is 5. The lowest BCUT2D eigenvalue weighted by atomic mass is 9.71. The van der Waals surface area contributed by atoms with Crippen LogP contribution in [0, 0.1) is 23.7 Å². The molecule has 0 radical (unpaired) electrons. The van der Waals surface area contributed by atoms with Crippen molar-refractivity contribution in [1.82, 2.24) is 9.80 Å². The van der Waals surface area contributed by atoms with Gasteiger partial charge in [-0.1, -0.05) is 34.1 Å². The molecule has 0 saturated carbocycles. The van der Waals surface area contributed by atoms with Gasteiger partial charge in [-0.2, -0.15) is 0 Å². The number of carbonyl (C=O) groups is 1. The van der Waals surface area contributed by atoms with Crippen LogP contribution in [0.1, 0.15) is 114 Å². The van der Waals surface area contributed by atoms with E-state index in [0.29, 0.717) is 6.42 Å². The van der Waals surface area contributed by atoms with Gasteiger partial charge in [0.15, 0.2) is 12.6 Å². The molecule has 56 heavy (non-hydrogen) atoms. The van der Waals surface area contributed by atoms with Crippen molar-refractivity contribution in [2.45, 2.75) is 204 Å². The molecule has 0 amide bonds. The molecular formula is C42H78N2O12. The molecule has 0 bridgehead atoms. The normalized spacial score (nSPS) is 49.7. The van der Waals surface area contributed by atoms with Crippen molar-refractivity contribution in [3.63, 3.8) is 0 Å². The van der Waals surface area contributed by atoms with E-state index in [2.05, 4.69) is 11.8 Å². The molecule has 14 nitrogen and oxygen atoms in total. The minimum atomic E-state index is -1.80. The Hall–Kier alpha value is -1.01. The molecule has 4 aliphatic rings. The number of carbonyl (C=O) groups excluding carboxylic acids is 1. The molecule has 0 spiro atoms. The van der Waals surface area contributed by atoms with Crippen molar-refractivity contribution in [1.29, 1.82) is 0 Å². The molecule has 4 aliphatic heterocycles. The quantitative estimate of drug-likeness (QED) is 0.226. The highest BCUT2D eigenvalue weighted by Crippen LogP contribution is 2.42. The molecule has 4 fully saturated rings. The van der Waals surface area contributed by atoms with Crippen molar-refractivity contribution in [3.8, 4) is 0 Å². The fourth-order valence-electron chi connectivity index (χ4n) is 10.5. The summed E-state index contributed by atoms with van der Waals surface area (Å²) in [5, 5.41) is 59.7. The maximum atomic E-state index is 14.4. The summed E-state index contributed by atoms with van der Waals surface area (Å²) in [6.07, 6.45) is -5.09. The first-order valence-electron chi connectivity index (χ1n) is 21.3. The van der Waals surface area contributed by atoms with Gasteiger partial charge in [-0.15, -0.1) is 0 Å². The number of cyclic esters (lactones) is 1. The zero-order valence-electron chi connectivity index (χ0n) is 36.6. The van der Waals surface area contributed by atoms with Gasteiger partial charge < -0.3 is 58.9 Å². The molecule has 5 N–H and O–H groups in total. The molecule has 14 heteroatoms. The number of rotatable bonds is 8. The van der Waals surface area contributed by atoms with E-state index in [0.717, 1.165) is 32.4 Å². The first kappa shape index (κ1) is 47.7. The lowest BCUT2D eigenvalue weighted by molar-refractivity contribution is -0.318. The monoisotopic (exact) mass is 803 g/mol. The molecule has 0 aromatic rings. The van der Waals surface area contributed by atoms with E-state index in [1.54, 1.807) is 27.7 Å². The predicted octanol–water partition coefficient (Wildman–Crippen LogP) is 3.07. The maximum Gasteiger partial charge on any atom is 0.311 e. The van der Waals surface area contributed by atoms with Gasteiger partial charge in [0.1, 0.15) is 23.9 Å². The van der Waals surface area contributed by atoms with E-state index in [1.165, 1.54) is 14.0 Å². The Balaban J connectivity index is 1.87. The zero-order valence-corrected chi connectivity index (χ0v) is 36.6. The van der Waals surface area contributed by atoms with Crippen LogP contribution in [0.3, 0.4) is 0 Å². The van der Waals surface area contributed by atoms with Gasteiger partial charge in [0, 0.05) is 37.5 Å². The fraction of sp³-hybridized carbons (Fsp3) is 0.976. The van der Waals surface area contributed by atoms with Crippen LogP contribution in [0.5, 0.6) is 0 Å². The smallest absolute Gasteiger partial charge is 0.311 e. The van der Waals surface area contributed by atoms with Crippen LogP contribution < -0.4 is 0 Å². The summed E-state index contributed by atoms with van der Waals surface area (Å²) in [5.41, 5.74) is -4.42. The molecule has 4 rings (SSSR count). The maximum absolute atomic E-state index is 14.4. The Morgan fingerprint density at radius 1 is 0.875 bits per heavy atom. The minimum absolute atomic E-state index is 0.138. The summed E-state index contributed by atoms with van der Waals surface area (Å²) in [5.74, 6) is -3.11. The molecule has 0 aromatic heterocycles. The highest BCUT2D eigenvalue weighted by Gasteiger charge is 2.54. The Kier molecular flexibility index (Phi) is 16.3. The second-order valence-corrected chi connectivity index (χ2v) is 18.8. The third kappa shape index (κ3) is 10.3. The summed E-state index contributed by atoms with van der Waals surface area (Å²) in [6, 6.07) is -0.534. The van der Waals surface area contributed by atoms with Gasteiger partial charge in [-0.3, -0.25) is 9.69 Å². The fourth-order valence-corrected chi connectivity index (χ4v) is 10.5. The van der Waals surface area contributed by atoms with Crippen LogP contribution >= 0.6 is 0 Å². The third-order valence-electron chi connectivity index (χ3n) is 13.9.